The van der Waals surface area contributed by atoms with Crippen LogP contribution in [0.25, 0.3) is 11.2 Å². The van der Waals surface area contributed by atoms with Gasteiger partial charge in [-0.05, 0) is 24.8 Å². The smallest absolute Gasteiger partial charge is 0.160 e. The largest absolute Gasteiger partial charge is 0.312 e. The SMILES string of the molecule is CSCCn1c(CCCl)nc2c(C)ccnc21. The second-order valence-corrected chi connectivity index (χ2v) is 5.28. The second kappa shape index (κ2) is 5.74. The van der Waals surface area contributed by atoms with Crippen molar-refractivity contribution >= 4 is 34.5 Å². The molecule has 0 saturated heterocycles. The van der Waals surface area contributed by atoms with E-state index in [0.717, 1.165) is 35.7 Å². The van der Waals surface area contributed by atoms with E-state index in [2.05, 4.69) is 27.7 Å². The number of aromatic nitrogens is 3. The van der Waals surface area contributed by atoms with Crippen LogP contribution in [0.3, 0.4) is 0 Å². The first-order valence-corrected chi connectivity index (χ1v) is 7.56. The van der Waals surface area contributed by atoms with Gasteiger partial charge in [0.1, 0.15) is 11.3 Å². The molecule has 0 aliphatic rings. The fraction of sp³-hybridized carbons (Fsp3) is 0.500. The van der Waals surface area contributed by atoms with Crippen molar-refractivity contribution in [1.29, 1.82) is 0 Å². The highest BCUT2D eigenvalue weighted by Gasteiger charge is 2.12. The number of halogens is 1. The summed E-state index contributed by atoms with van der Waals surface area (Å²) in [6, 6.07) is 2.00. The van der Waals surface area contributed by atoms with Crippen molar-refractivity contribution < 1.29 is 0 Å². The van der Waals surface area contributed by atoms with Gasteiger partial charge < -0.3 is 4.57 Å². The quantitative estimate of drug-likeness (QED) is 0.782. The third-order valence-corrected chi connectivity index (χ3v) is 3.53. The zero-order valence-corrected chi connectivity index (χ0v) is 11.7. The molecule has 5 heteroatoms. The van der Waals surface area contributed by atoms with Crippen molar-refractivity contribution in [2.45, 2.75) is 19.9 Å². The normalized spacial score (nSPS) is 11.2. The number of hydrogen-bond donors (Lipinski definition) is 0. The average molecular weight is 270 g/mol. The predicted octanol–water partition coefficient (Wildman–Crippen LogP) is 2.88. The molecule has 0 aromatic carbocycles. The summed E-state index contributed by atoms with van der Waals surface area (Å²) >= 11 is 7.66. The van der Waals surface area contributed by atoms with Crippen molar-refractivity contribution in [3.63, 3.8) is 0 Å². The Labute approximate surface area is 111 Å². The molecule has 0 amide bonds. The van der Waals surface area contributed by atoms with Gasteiger partial charge in [-0.3, -0.25) is 0 Å². The predicted molar refractivity (Wildman–Crippen MR) is 75.1 cm³/mol. The molecule has 0 spiro atoms. The molecular weight excluding hydrogens is 254 g/mol. The highest BCUT2D eigenvalue weighted by atomic mass is 35.5. The van der Waals surface area contributed by atoms with Gasteiger partial charge in [0.25, 0.3) is 0 Å². The van der Waals surface area contributed by atoms with Gasteiger partial charge in [0, 0.05) is 30.8 Å². The molecule has 0 radical (unpaired) electrons. The molecule has 0 unspecified atom stereocenters. The summed E-state index contributed by atoms with van der Waals surface area (Å²) in [6.45, 7) is 3.01. The molecule has 17 heavy (non-hydrogen) atoms. The third kappa shape index (κ3) is 2.58. The van der Waals surface area contributed by atoms with E-state index in [4.69, 9.17) is 11.6 Å². The number of fused-ring (bicyclic) bond motifs is 1. The first-order valence-electron chi connectivity index (χ1n) is 5.63. The number of hydrogen-bond acceptors (Lipinski definition) is 3. The molecule has 3 nitrogen and oxygen atoms in total. The van der Waals surface area contributed by atoms with Gasteiger partial charge in [-0.2, -0.15) is 11.8 Å². The van der Waals surface area contributed by atoms with Gasteiger partial charge in [0.2, 0.25) is 0 Å². The van der Waals surface area contributed by atoms with Crippen molar-refractivity contribution in [3.8, 4) is 0 Å². The summed E-state index contributed by atoms with van der Waals surface area (Å²) in [7, 11) is 0. The van der Waals surface area contributed by atoms with Crippen LogP contribution in [-0.2, 0) is 13.0 Å². The number of thioether (sulfide) groups is 1. The van der Waals surface area contributed by atoms with E-state index in [1.165, 1.54) is 5.56 Å². The number of aryl methyl sites for hydroxylation is 3. The Hall–Kier alpha value is -0.740. The van der Waals surface area contributed by atoms with Crippen LogP contribution < -0.4 is 0 Å². The maximum Gasteiger partial charge on any atom is 0.160 e. The number of alkyl halides is 1. The Morgan fingerprint density at radius 1 is 1.47 bits per heavy atom. The highest BCUT2D eigenvalue weighted by Crippen LogP contribution is 2.18. The lowest BCUT2D eigenvalue weighted by molar-refractivity contribution is 0.728. The number of nitrogens with zero attached hydrogens (tertiary/aromatic N) is 3. The molecular formula is C12H16ClN3S. The van der Waals surface area contributed by atoms with Gasteiger partial charge in [-0.15, -0.1) is 11.6 Å². The van der Waals surface area contributed by atoms with Crippen molar-refractivity contribution in [2.75, 3.05) is 17.9 Å². The highest BCUT2D eigenvalue weighted by molar-refractivity contribution is 7.98. The van der Waals surface area contributed by atoms with Crippen LogP contribution in [0.4, 0.5) is 0 Å². The number of pyridine rings is 1. The molecule has 0 bridgehead atoms. The molecule has 2 rings (SSSR count). The van der Waals surface area contributed by atoms with E-state index in [-0.39, 0.29) is 0 Å². The molecule has 0 fully saturated rings. The van der Waals surface area contributed by atoms with Crippen LogP contribution in [-0.4, -0.2) is 32.4 Å². The zero-order valence-electron chi connectivity index (χ0n) is 10.1. The van der Waals surface area contributed by atoms with Gasteiger partial charge in [0.05, 0.1) is 0 Å². The third-order valence-electron chi connectivity index (χ3n) is 2.75. The van der Waals surface area contributed by atoms with Gasteiger partial charge in [-0.25, -0.2) is 9.97 Å². The van der Waals surface area contributed by atoms with Gasteiger partial charge in [-0.1, -0.05) is 0 Å². The Morgan fingerprint density at radius 2 is 2.29 bits per heavy atom. The van der Waals surface area contributed by atoms with Crippen molar-refractivity contribution in [1.82, 2.24) is 14.5 Å². The molecule has 92 valence electrons. The minimum Gasteiger partial charge on any atom is -0.312 e. The van der Waals surface area contributed by atoms with Crippen LogP contribution in [0.15, 0.2) is 12.3 Å². The summed E-state index contributed by atoms with van der Waals surface area (Å²) in [5.74, 6) is 2.71. The Kier molecular flexibility index (Phi) is 4.29. The first-order chi connectivity index (χ1) is 8.27. The van der Waals surface area contributed by atoms with Crippen molar-refractivity contribution in [3.05, 3.63) is 23.7 Å². The molecule has 0 atom stereocenters. The maximum absolute atomic E-state index is 5.83. The molecule has 0 aliphatic carbocycles. The molecule has 0 N–H and O–H groups in total. The fourth-order valence-corrected chi connectivity index (χ4v) is 2.41. The Morgan fingerprint density at radius 3 is 3.00 bits per heavy atom. The van der Waals surface area contributed by atoms with Gasteiger partial charge >= 0.3 is 0 Å². The summed E-state index contributed by atoms with van der Waals surface area (Å²) in [5.41, 5.74) is 3.17. The summed E-state index contributed by atoms with van der Waals surface area (Å²) in [6.07, 6.45) is 4.75. The molecule has 0 aliphatic heterocycles. The second-order valence-electron chi connectivity index (χ2n) is 3.91. The molecule has 2 aromatic rings. The van der Waals surface area contributed by atoms with Crippen LogP contribution in [0, 0.1) is 6.92 Å². The monoisotopic (exact) mass is 269 g/mol. The standard InChI is InChI=1S/C12H16ClN3S/c1-9-4-6-14-12-11(9)15-10(3-5-13)16(12)7-8-17-2/h4,6H,3,5,7-8H2,1-2H3. The average Bonchev–Trinajstić information content (AvgIpc) is 2.67. The first kappa shape index (κ1) is 12.7. The van der Waals surface area contributed by atoms with E-state index in [0.29, 0.717) is 5.88 Å². The Balaban J connectivity index is 2.50. The van der Waals surface area contributed by atoms with Gasteiger partial charge in [0.15, 0.2) is 5.65 Å². The summed E-state index contributed by atoms with van der Waals surface area (Å²) < 4.78 is 2.20. The number of rotatable bonds is 5. The zero-order chi connectivity index (χ0) is 12.3. The lowest BCUT2D eigenvalue weighted by Crippen LogP contribution is -2.07. The van der Waals surface area contributed by atoms with E-state index in [1.807, 2.05) is 24.0 Å². The van der Waals surface area contributed by atoms with Crippen LogP contribution >= 0.6 is 23.4 Å². The summed E-state index contributed by atoms with van der Waals surface area (Å²) in [5, 5.41) is 0. The molecule has 2 heterocycles. The molecule has 0 saturated carbocycles. The van der Waals surface area contributed by atoms with E-state index in [9.17, 15) is 0 Å². The van der Waals surface area contributed by atoms with Crippen molar-refractivity contribution in [2.24, 2.45) is 0 Å². The van der Waals surface area contributed by atoms with Crippen LogP contribution in [0.1, 0.15) is 11.4 Å². The lowest BCUT2D eigenvalue weighted by atomic mass is 10.3. The lowest BCUT2D eigenvalue weighted by Gasteiger charge is -2.06. The van der Waals surface area contributed by atoms with E-state index >= 15 is 0 Å². The Bertz CT molecular complexity index is 510. The van der Waals surface area contributed by atoms with E-state index < -0.39 is 0 Å². The maximum atomic E-state index is 5.83. The minimum atomic E-state index is 0.599. The topological polar surface area (TPSA) is 30.7 Å². The summed E-state index contributed by atoms with van der Waals surface area (Å²) in [4.78, 5) is 9.11. The fourth-order valence-electron chi connectivity index (χ4n) is 1.88. The minimum absolute atomic E-state index is 0.599. The molecule has 2 aromatic heterocycles. The van der Waals surface area contributed by atoms with Crippen LogP contribution in [0.5, 0.6) is 0 Å². The van der Waals surface area contributed by atoms with E-state index in [1.54, 1.807) is 0 Å². The number of imidazole rings is 1. The van der Waals surface area contributed by atoms with Crippen LogP contribution in [0.2, 0.25) is 0 Å².